The van der Waals surface area contributed by atoms with Gasteiger partial charge in [-0.15, -0.1) is 0 Å². The van der Waals surface area contributed by atoms with E-state index in [1.54, 1.807) is 4.90 Å². The van der Waals surface area contributed by atoms with Gasteiger partial charge < -0.3 is 10.2 Å². The molecule has 1 heterocycles. The zero-order valence-electron chi connectivity index (χ0n) is 10.5. The van der Waals surface area contributed by atoms with Crippen LogP contribution in [0.1, 0.15) is 46.5 Å². The van der Waals surface area contributed by atoms with E-state index in [2.05, 4.69) is 5.32 Å². The van der Waals surface area contributed by atoms with Gasteiger partial charge in [-0.05, 0) is 19.3 Å². The normalized spacial score (nSPS) is 25.8. The van der Waals surface area contributed by atoms with Gasteiger partial charge in [-0.25, -0.2) is 0 Å². The fourth-order valence-corrected chi connectivity index (χ4v) is 2.22. The van der Waals surface area contributed by atoms with Crippen LogP contribution in [0.2, 0.25) is 0 Å². The van der Waals surface area contributed by atoms with Gasteiger partial charge in [0, 0.05) is 6.54 Å². The Morgan fingerprint density at radius 3 is 2.38 bits per heavy atom. The van der Waals surface area contributed by atoms with E-state index in [9.17, 15) is 9.59 Å². The summed E-state index contributed by atoms with van der Waals surface area (Å²) in [5.74, 6) is 0.101. The number of amides is 2. The minimum atomic E-state index is -0.299. The summed E-state index contributed by atoms with van der Waals surface area (Å²) >= 11 is 0. The molecule has 1 aliphatic heterocycles. The molecular weight excluding hydrogens is 204 g/mol. The lowest BCUT2D eigenvalue weighted by atomic mass is 10.0. The second-order valence-corrected chi connectivity index (χ2v) is 4.31. The van der Waals surface area contributed by atoms with Gasteiger partial charge in [0.05, 0.1) is 0 Å². The first-order chi connectivity index (χ1) is 7.65. The number of nitrogens with zero attached hydrogens (tertiary/aromatic N) is 1. The van der Waals surface area contributed by atoms with Gasteiger partial charge in [-0.3, -0.25) is 9.59 Å². The van der Waals surface area contributed by atoms with Crippen LogP contribution in [-0.2, 0) is 9.59 Å². The SMILES string of the molecule is CCCC1NC(=O)C(CC)N(CCC)C1=O. The fourth-order valence-electron chi connectivity index (χ4n) is 2.22. The topological polar surface area (TPSA) is 49.4 Å². The maximum absolute atomic E-state index is 12.1. The molecule has 0 saturated carbocycles. The standard InChI is InChI=1S/C12H22N2O2/c1-4-7-9-12(16)14(8-5-2)10(6-3)11(15)13-9/h9-10H,4-8H2,1-3H3,(H,13,15). The van der Waals surface area contributed by atoms with Crippen LogP contribution in [-0.4, -0.2) is 35.3 Å². The lowest BCUT2D eigenvalue weighted by Gasteiger charge is -2.38. The molecule has 1 fully saturated rings. The zero-order chi connectivity index (χ0) is 12.1. The molecule has 0 bridgehead atoms. The first kappa shape index (κ1) is 13.0. The molecular formula is C12H22N2O2. The molecule has 2 unspecified atom stereocenters. The predicted octanol–water partition coefficient (Wildman–Crippen LogP) is 1.30. The summed E-state index contributed by atoms with van der Waals surface area (Å²) < 4.78 is 0. The Balaban J connectivity index is 2.80. The minimum absolute atomic E-state index is 0.00833. The molecule has 0 aromatic heterocycles. The van der Waals surface area contributed by atoms with E-state index in [4.69, 9.17) is 0 Å². The first-order valence-electron chi connectivity index (χ1n) is 6.26. The van der Waals surface area contributed by atoms with Crippen molar-refractivity contribution >= 4 is 11.8 Å². The number of rotatable bonds is 5. The van der Waals surface area contributed by atoms with Crippen molar-refractivity contribution in [1.29, 1.82) is 0 Å². The third-order valence-corrected chi connectivity index (χ3v) is 3.01. The maximum atomic E-state index is 12.1. The first-order valence-corrected chi connectivity index (χ1v) is 6.26. The third-order valence-electron chi connectivity index (χ3n) is 3.01. The number of carbonyl (C=O) groups excluding carboxylic acids is 2. The van der Waals surface area contributed by atoms with E-state index in [0.29, 0.717) is 13.0 Å². The van der Waals surface area contributed by atoms with E-state index in [0.717, 1.165) is 19.3 Å². The largest absolute Gasteiger partial charge is 0.343 e. The maximum Gasteiger partial charge on any atom is 0.245 e. The van der Waals surface area contributed by atoms with Crippen molar-refractivity contribution in [3.8, 4) is 0 Å². The van der Waals surface area contributed by atoms with Crippen molar-refractivity contribution in [1.82, 2.24) is 10.2 Å². The molecule has 1 N–H and O–H groups in total. The molecule has 0 aromatic carbocycles. The Hall–Kier alpha value is -1.06. The summed E-state index contributed by atoms with van der Waals surface area (Å²) in [5.41, 5.74) is 0. The highest BCUT2D eigenvalue weighted by Crippen LogP contribution is 2.16. The Bertz CT molecular complexity index is 266. The predicted molar refractivity (Wildman–Crippen MR) is 62.9 cm³/mol. The summed E-state index contributed by atoms with van der Waals surface area (Å²) in [6.07, 6.45) is 3.24. The van der Waals surface area contributed by atoms with Crippen LogP contribution in [0.4, 0.5) is 0 Å². The van der Waals surface area contributed by atoms with Gasteiger partial charge in [0.25, 0.3) is 0 Å². The van der Waals surface area contributed by atoms with Crippen LogP contribution < -0.4 is 5.32 Å². The Morgan fingerprint density at radius 2 is 1.88 bits per heavy atom. The van der Waals surface area contributed by atoms with E-state index >= 15 is 0 Å². The minimum Gasteiger partial charge on any atom is -0.343 e. The van der Waals surface area contributed by atoms with Crippen LogP contribution in [0.3, 0.4) is 0 Å². The molecule has 0 radical (unpaired) electrons. The van der Waals surface area contributed by atoms with Crippen molar-refractivity contribution in [2.45, 2.75) is 58.5 Å². The summed E-state index contributed by atoms with van der Waals surface area (Å²) in [7, 11) is 0. The molecule has 0 aliphatic carbocycles. The fraction of sp³-hybridized carbons (Fsp3) is 0.833. The molecule has 4 nitrogen and oxygen atoms in total. The quantitative estimate of drug-likeness (QED) is 0.768. The van der Waals surface area contributed by atoms with Gasteiger partial charge in [0.1, 0.15) is 12.1 Å². The number of hydrogen-bond acceptors (Lipinski definition) is 2. The van der Waals surface area contributed by atoms with Crippen LogP contribution in [0.15, 0.2) is 0 Å². The summed E-state index contributed by atoms with van der Waals surface area (Å²) in [5, 5.41) is 2.83. The zero-order valence-corrected chi connectivity index (χ0v) is 10.5. The highest BCUT2D eigenvalue weighted by molar-refractivity contribution is 5.96. The second-order valence-electron chi connectivity index (χ2n) is 4.31. The highest BCUT2D eigenvalue weighted by atomic mass is 16.2. The second kappa shape index (κ2) is 5.87. The molecule has 0 spiro atoms. The van der Waals surface area contributed by atoms with Crippen molar-refractivity contribution in [2.75, 3.05) is 6.54 Å². The number of piperazine rings is 1. The molecule has 1 saturated heterocycles. The third kappa shape index (κ3) is 2.54. The van der Waals surface area contributed by atoms with E-state index < -0.39 is 0 Å². The van der Waals surface area contributed by atoms with E-state index in [-0.39, 0.29) is 23.9 Å². The molecule has 1 aliphatic rings. The monoisotopic (exact) mass is 226 g/mol. The highest BCUT2D eigenvalue weighted by Gasteiger charge is 2.38. The van der Waals surface area contributed by atoms with Crippen molar-refractivity contribution in [3.63, 3.8) is 0 Å². The Morgan fingerprint density at radius 1 is 1.19 bits per heavy atom. The molecule has 1 rings (SSSR count). The molecule has 2 atom stereocenters. The summed E-state index contributed by atoms with van der Waals surface area (Å²) in [4.78, 5) is 25.7. The van der Waals surface area contributed by atoms with E-state index in [1.165, 1.54) is 0 Å². The van der Waals surface area contributed by atoms with Crippen molar-refractivity contribution in [2.24, 2.45) is 0 Å². The summed E-state index contributed by atoms with van der Waals surface area (Å²) in [6, 6.07) is -0.563. The number of hydrogen-bond donors (Lipinski definition) is 1. The van der Waals surface area contributed by atoms with Gasteiger partial charge in [-0.2, -0.15) is 0 Å². The van der Waals surface area contributed by atoms with Crippen molar-refractivity contribution < 1.29 is 9.59 Å². The molecule has 4 heteroatoms. The van der Waals surface area contributed by atoms with Crippen molar-refractivity contribution in [3.05, 3.63) is 0 Å². The van der Waals surface area contributed by atoms with Gasteiger partial charge >= 0.3 is 0 Å². The van der Waals surface area contributed by atoms with Gasteiger partial charge in [0.2, 0.25) is 11.8 Å². The average molecular weight is 226 g/mol. The number of carbonyl (C=O) groups is 2. The van der Waals surface area contributed by atoms with Gasteiger partial charge in [0.15, 0.2) is 0 Å². The van der Waals surface area contributed by atoms with Crippen LogP contribution in [0.5, 0.6) is 0 Å². The van der Waals surface area contributed by atoms with Crippen LogP contribution in [0, 0.1) is 0 Å². The smallest absolute Gasteiger partial charge is 0.245 e. The average Bonchev–Trinajstić information content (AvgIpc) is 2.26. The Kier molecular flexibility index (Phi) is 4.77. The Labute approximate surface area is 97.4 Å². The summed E-state index contributed by atoms with van der Waals surface area (Å²) in [6.45, 7) is 6.68. The van der Waals surface area contributed by atoms with Crippen LogP contribution in [0.25, 0.3) is 0 Å². The molecule has 0 aromatic rings. The lowest BCUT2D eigenvalue weighted by Crippen LogP contribution is -2.63. The molecule has 16 heavy (non-hydrogen) atoms. The molecule has 92 valence electrons. The number of nitrogens with one attached hydrogen (secondary N) is 1. The molecule has 2 amide bonds. The van der Waals surface area contributed by atoms with Crippen LogP contribution >= 0.6 is 0 Å². The van der Waals surface area contributed by atoms with Gasteiger partial charge in [-0.1, -0.05) is 27.2 Å². The van der Waals surface area contributed by atoms with E-state index in [1.807, 2.05) is 20.8 Å². The lowest BCUT2D eigenvalue weighted by molar-refractivity contribution is -0.149.